The van der Waals surface area contributed by atoms with E-state index >= 15 is 0 Å². The molecule has 0 saturated heterocycles. The lowest BCUT2D eigenvalue weighted by molar-refractivity contribution is 0.284. The molecule has 0 unspecified atom stereocenters. The van der Waals surface area contributed by atoms with E-state index in [-0.39, 0.29) is 0 Å². The van der Waals surface area contributed by atoms with Crippen molar-refractivity contribution >= 4 is 22.1 Å². The summed E-state index contributed by atoms with van der Waals surface area (Å²) < 4.78 is 23.0. The van der Waals surface area contributed by atoms with Gasteiger partial charge < -0.3 is 24.4 Å². The Kier molecular flexibility index (Phi) is 8.18. The molecule has 0 aliphatic rings. The first kappa shape index (κ1) is 22.5. The summed E-state index contributed by atoms with van der Waals surface area (Å²) in [4.78, 5) is 0. The normalized spacial score (nSPS) is 10.7. The molecular weight excluding hydrogens is 460 g/mol. The predicted octanol–water partition coefficient (Wildman–Crippen LogP) is 5.18. The monoisotopic (exact) mass is 484 g/mol. The van der Waals surface area contributed by atoms with Crippen LogP contribution < -0.4 is 24.4 Å². The van der Waals surface area contributed by atoms with Gasteiger partial charge >= 0.3 is 0 Å². The summed E-state index contributed by atoms with van der Waals surface area (Å²) in [6, 6.07) is 19.5. The minimum atomic E-state index is 0.462. The van der Waals surface area contributed by atoms with Crippen LogP contribution in [0.2, 0.25) is 0 Å². The Bertz CT molecular complexity index is 1020. The van der Waals surface area contributed by atoms with Crippen molar-refractivity contribution in [2.75, 3.05) is 21.3 Å². The maximum Gasteiger partial charge on any atom is 0.161 e. The van der Waals surface area contributed by atoms with E-state index in [1.54, 1.807) is 27.5 Å². The number of rotatable bonds is 10. The largest absolute Gasteiger partial charge is 0.493 e. The fourth-order valence-electron chi connectivity index (χ4n) is 2.87. The van der Waals surface area contributed by atoms with Crippen molar-refractivity contribution < 1.29 is 18.9 Å². The second-order valence-electron chi connectivity index (χ2n) is 6.61. The first-order chi connectivity index (χ1) is 15.1. The molecule has 0 aliphatic heterocycles. The molecule has 162 valence electrons. The van der Waals surface area contributed by atoms with Crippen LogP contribution in [0.15, 0.2) is 70.2 Å². The smallest absolute Gasteiger partial charge is 0.161 e. The molecule has 6 nitrogen and oxygen atoms in total. The summed E-state index contributed by atoms with van der Waals surface area (Å²) in [5, 5.41) is 4.29. The van der Waals surface area contributed by atoms with Gasteiger partial charge in [0.25, 0.3) is 0 Å². The number of halogens is 1. The molecule has 0 heterocycles. The summed E-state index contributed by atoms with van der Waals surface area (Å²) in [5.41, 5.74) is 6.05. The van der Waals surface area contributed by atoms with Gasteiger partial charge in [-0.15, -0.1) is 0 Å². The third kappa shape index (κ3) is 6.39. The lowest BCUT2D eigenvalue weighted by atomic mass is 10.2. The van der Waals surface area contributed by atoms with Crippen LogP contribution in [-0.4, -0.2) is 27.5 Å². The molecule has 0 fully saturated rings. The zero-order valence-corrected chi connectivity index (χ0v) is 19.3. The third-order valence-corrected chi connectivity index (χ3v) is 5.06. The summed E-state index contributed by atoms with van der Waals surface area (Å²) in [6.07, 6.45) is 1.74. The second kappa shape index (κ2) is 11.3. The fraction of sp³-hybridized carbons (Fsp3) is 0.208. The standard InChI is InChI=1S/C24H25BrN2O4/c1-28-21-10-6-18(12-23(21)29-2)14-26-27-15-19-7-11-22(24(13-19)30-3)31-16-17-4-8-20(25)9-5-17/h4-13,15,26H,14,16H2,1-3H3/b27-15-. The number of methoxy groups -OCH3 is 3. The van der Waals surface area contributed by atoms with Gasteiger partial charge in [-0.05, 0) is 59.2 Å². The van der Waals surface area contributed by atoms with Crippen LogP contribution in [0.4, 0.5) is 0 Å². The zero-order chi connectivity index (χ0) is 22.1. The molecule has 0 aromatic heterocycles. The van der Waals surface area contributed by atoms with Gasteiger partial charge in [-0.25, -0.2) is 0 Å². The van der Waals surface area contributed by atoms with Crippen LogP contribution in [0.5, 0.6) is 23.0 Å². The Morgan fingerprint density at radius 2 is 1.42 bits per heavy atom. The first-order valence-electron chi connectivity index (χ1n) is 9.65. The Balaban J connectivity index is 1.57. The van der Waals surface area contributed by atoms with Crippen LogP contribution in [-0.2, 0) is 13.2 Å². The lowest BCUT2D eigenvalue weighted by Crippen LogP contribution is -2.06. The van der Waals surface area contributed by atoms with Crippen LogP contribution in [0.3, 0.4) is 0 Å². The Morgan fingerprint density at radius 3 is 2.13 bits per heavy atom. The highest BCUT2D eigenvalue weighted by Crippen LogP contribution is 2.29. The highest BCUT2D eigenvalue weighted by atomic mass is 79.9. The number of nitrogens with one attached hydrogen (secondary N) is 1. The van der Waals surface area contributed by atoms with Crippen LogP contribution in [0.25, 0.3) is 0 Å². The molecule has 1 N–H and O–H groups in total. The molecule has 0 spiro atoms. The Morgan fingerprint density at radius 1 is 0.774 bits per heavy atom. The quantitative estimate of drug-likeness (QED) is 0.317. The highest BCUT2D eigenvalue weighted by molar-refractivity contribution is 9.10. The minimum Gasteiger partial charge on any atom is -0.493 e. The molecule has 0 amide bonds. The number of hydrazone groups is 1. The summed E-state index contributed by atoms with van der Waals surface area (Å²) >= 11 is 3.43. The summed E-state index contributed by atoms with van der Waals surface area (Å²) in [7, 11) is 4.86. The van der Waals surface area contributed by atoms with E-state index in [1.807, 2.05) is 60.7 Å². The summed E-state index contributed by atoms with van der Waals surface area (Å²) in [6.45, 7) is 1.02. The molecule has 0 saturated carbocycles. The van der Waals surface area contributed by atoms with E-state index in [0.717, 1.165) is 21.2 Å². The average Bonchev–Trinajstić information content (AvgIpc) is 2.81. The molecule has 31 heavy (non-hydrogen) atoms. The molecule has 3 aromatic rings. The lowest BCUT2D eigenvalue weighted by Gasteiger charge is -2.11. The maximum absolute atomic E-state index is 5.91. The minimum absolute atomic E-state index is 0.462. The van der Waals surface area contributed by atoms with Gasteiger partial charge in [-0.3, -0.25) is 0 Å². The second-order valence-corrected chi connectivity index (χ2v) is 7.52. The number of ether oxygens (including phenoxy) is 4. The van der Waals surface area contributed by atoms with Crippen LogP contribution in [0, 0.1) is 0 Å². The van der Waals surface area contributed by atoms with Gasteiger partial charge in [0.15, 0.2) is 23.0 Å². The van der Waals surface area contributed by atoms with E-state index in [9.17, 15) is 0 Å². The predicted molar refractivity (Wildman–Crippen MR) is 125 cm³/mol. The zero-order valence-electron chi connectivity index (χ0n) is 17.7. The number of hydrogen-bond acceptors (Lipinski definition) is 6. The molecule has 7 heteroatoms. The van der Waals surface area contributed by atoms with Crippen molar-refractivity contribution in [1.29, 1.82) is 0 Å². The number of benzene rings is 3. The molecule has 3 rings (SSSR count). The van der Waals surface area contributed by atoms with E-state index in [0.29, 0.717) is 36.1 Å². The fourth-order valence-corrected chi connectivity index (χ4v) is 3.14. The van der Waals surface area contributed by atoms with Gasteiger partial charge in [0.05, 0.1) is 34.1 Å². The van der Waals surface area contributed by atoms with Crippen molar-refractivity contribution in [3.63, 3.8) is 0 Å². The molecule has 3 aromatic carbocycles. The van der Waals surface area contributed by atoms with Crippen molar-refractivity contribution in [1.82, 2.24) is 5.43 Å². The van der Waals surface area contributed by atoms with E-state index in [4.69, 9.17) is 18.9 Å². The third-order valence-electron chi connectivity index (χ3n) is 4.53. The Labute approximate surface area is 190 Å². The first-order valence-corrected chi connectivity index (χ1v) is 10.4. The topological polar surface area (TPSA) is 61.3 Å². The van der Waals surface area contributed by atoms with Gasteiger partial charge in [-0.2, -0.15) is 5.10 Å². The SMILES string of the molecule is COc1ccc(CN/N=C\c2ccc(OCc3ccc(Br)cc3)c(OC)c2)cc1OC. The van der Waals surface area contributed by atoms with E-state index in [1.165, 1.54) is 0 Å². The Hall–Kier alpha value is -3.19. The highest BCUT2D eigenvalue weighted by Gasteiger charge is 2.06. The number of hydrogen-bond donors (Lipinski definition) is 1. The molecule has 0 bridgehead atoms. The van der Waals surface area contributed by atoms with Gasteiger partial charge in [0, 0.05) is 4.47 Å². The van der Waals surface area contributed by atoms with E-state index in [2.05, 4.69) is 26.5 Å². The van der Waals surface area contributed by atoms with Gasteiger partial charge in [0.2, 0.25) is 0 Å². The molecular formula is C24H25BrN2O4. The molecule has 0 radical (unpaired) electrons. The van der Waals surface area contributed by atoms with Crippen LogP contribution >= 0.6 is 15.9 Å². The average molecular weight is 485 g/mol. The maximum atomic E-state index is 5.91. The van der Waals surface area contributed by atoms with Crippen molar-refractivity contribution in [2.24, 2.45) is 5.10 Å². The summed E-state index contributed by atoms with van der Waals surface area (Å²) in [5.74, 6) is 2.72. The van der Waals surface area contributed by atoms with Gasteiger partial charge in [0.1, 0.15) is 6.61 Å². The molecule has 0 aliphatic carbocycles. The van der Waals surface area contributed by atoms with Crippen molar-refractivity contribution in [3.8, 4) is 23.0 Å². The van der Waals surface area contributed by atoms with Gasteiger partial charge in [-0.1, -0.05) is 34.1 Å². The van der Waals surface area contributed by atoms with Crippen LogP contribution in [0.1, 0.15) is 16.7 Å². The van der Waals surface area contributed by atoms with E-state index < -0.39 is 0 Å². The van der Waals surface area contributed by atoms with Crippen molar-refractivity contribution in [2.45, 2.75) is 13.2 Å². The van der Waals surface area contributed by atoms with Crippen molar-refractivity contribution in [3.05, 3.63) is 81.8 Å². The molecule has 0 atom stereocenters. The number of nitrogens with zero attached hydrogens (tertiary/aromatic N) is 1.